The summed E-state index contributed by atoms with van der Waals surface area (Å²) in [5.74, 6) is -0.294. The molecule has 82 valence electrons. The Bertz CT molecular complexity index is 360. The molecule has 4 heteroatoms. The van der Waals surface area contributed by atoms with E-state index >= 15 is 0 Å². The van der Waals surface area contributed by atoms with Crippen molar-refractivity contribution >= 4 is 5.97 Å². The molecular formula is C11H14O4. The van der Waals surface area contributed by atoms with Crippen LogP contribution in [0, 0.1) is 6.92 Å². The van der Waals surface area contributed by atoms with Gasteiger partial charge in [-0.25, -0.2) is 0 Å². The second-order valence-corrected chi connectivity index (χ2v) is 3.34. The van der Waals surface area contributed by atoms with Gasteiger partial charge in [0.15, 0.2) is 0 Å². The highest BCUT2D eigenvalue weighted by molar-refractivity contribution is 5.67. The van der Waals surface area contributed by atoms with Crippen molar-refractivity contribution in [2.24, 2.45) is 0 Å². The SMILES string of the molecule is COc1ccc([C@H](O)CC(=O)O)cc1C. The largest absolute Gasteiger partial charge is 0.496 e. The molecule has 1 aromatic carbocycles. The number of carbonyl (C=O) groups is 1. The van der Waals surface area contributed by atoms with Gasteiger partial charge in [-0.2, -0.15) is 0 Å². The Labute approximate surface area is 88.1 Å². The summed E-state index contributed by atoms with van der Waals surface area (Å²) in [5.41, 5.74) is 1.47. The molecule has 0 amide bonds. The Kier molecular flexibility index (Phi) is 3.68. The van der Waals surface area contributed by atoms with Gasteiger partial charge in [-0.1, -0.05) is 6.07 Å². The van der Waals surface area contributed by atoms with Crippen LogP contribution in [0.15, 0.2) is 18.2 Å². The Morgan fingerprint density at radius 1 is 1.53 bits per heavy atom. The monoisotopic (exact) mass is 210 g/mol. The van der Waals surface area contributed by atoms with Crippen LogP contribution >= 0.6 is 0 Å². The molecule has 1 aromatic rings. The van der Waals surface area contributed by atoms with E-state index in [0.717, 1.165) is 11.3 Å². The molecule has 0 fully saturated rings. The van der Waals surface area contributed by atoms with E-state index in [1.165, 1.54) is 0 Å². The third-order valence-electron chi connectivity index (χ3n) is 2.17. The van der Waals surface area contributed by atoms with Crippen molar-refractivity contribution in [3.8, 4) is 5.75 Å². The van der Waals surface area contributed by atoms with Crippen LogP contribution in [0.25, 0.3) is 0 Å². The molecule has 0 saturated carbocycles. The van der Waals surface area contributed by atoms with Gasteiger partial charge >= 0.3 is 5.97 Å². The van der Waals surface area contributed by atoms with Gasteiger partial charge in [0.2, 0.25) is 0 Å². The molecule has 0 aliphatic heterocycles. The molecule has 0 unspecified atom stereocenters. The Hall–Kier alpha value is -1.55. The molecule has 15 heavy (non-hydrogen) atoms. The first-order valence-electron chi connectivity index (χ1n) is 4.59. The number of hydrogen-bond acceptors (Lipinski definition) is 3. The average molecular weight is 210 g/mol. The molecule has 1 atom stereocenters. The number of aliphatic hydroxyl groups excluding tert-OH is 1. The molecular weight excluding hydrogens is 196 g/mol. The van der Waals surface area contributed by atoms with Crippen LogP contribution in [0.2, 0.25) is 0 Å². The fraction of sp³-hybridized carbons (Fsp3) is 0.364. The van der Waals surface area contributed by atoms with E-state index in [2.05, 4.69) is 0 Å². The van der Waals surface area contributed by atoms with Crippen LogP contribution in [0.3, 0.4) is 0 Å². The number of aliphatic carboxylic acids is 1. The van der Waals surface area contributed by atoms with Crippen LogP contribution in [0.4, 0.5) is 0 Å². The molecule has 0 radical (unpaired) electrons. The molecule has 2 N–H and O–H groups in total. The molecule has 0 bridgehead atoms. The first-order valence-corrected chi connectivity index (χ1v) is 4.59. The van der Waals surface area contributed by atoms with Crippen molar-refractivity contribution in [1.29, 1.82) is 0 Å². The maximum absolute atomic E-state index is 10.4. The van der Waals surface area contributed by atoms with E-state index in [1.807, 2.05) is 6.92 Å². The maximum atomic E-state index is 10.4. The van der Waals surface area contributed by atoms with Crippen molar-refractivity contribution < 1.29 is 19.7 Å². The van der Waals surface area contributed by atoms with Crippen LogP contribution in [0.1, 0.15) is 23.7 Å². The lowest BCUT2D eigenvalue weighted by atomic mass is 10.0. The van der Waals surface area contributed by atoms with Crippen LogP contribution in [-0.2, 0) is 4.79 Å². The zero-order chi connectivity index (χ0) is 11.4. The number of hydrogen-bond donors (Lipinski definition) is 2. The summed E-state index contributed by atoms with van der Waals surface area (Å²) >= 11 is 0. The lowest BCUT2D eigenvalue weighted by Crippen LogP contribution is -2.05. The molecule has 1 rings (SSSR count). The number of aryl methyl sites for hydroxylation is 1. The number of methoxy groups -OCH3 is 1. The Morgan fingerprint density at radius 2 is 2.20 bits per heavy atom. The third kappa shape index (κ3) is 2.95. The van der Waals surface area contributed by atoms with E-state index in [1.54, 1.807) is 25.3 Å². The molecule has 4 nitrogen and oxygen atoms in total. The number of carboxylic acid groups (broad SMARTS) is 1. The van der Waals surface area contributed by atoms with Gasteiger partial charge < -0.3 is 14.9 Å². The topological polar surface area (TPSA) is 66.8 Å². The third-order valence-corrected chi connectivity index (χ3v) is 2.17. The zero-order valence-electron chi connectivity index (χ0n) is 8.73. The first-order chi connectivity index (χ1) is 7.04. The van der Waals surface area contributed by atoms with Crippen molar-refractivity contribution in [3.05, 3.63) is 29.3 Å². The maximum Gasteiger partial charge on any atom is 0.306 e. The number of aliphatic hydroxyl groups is 1. The van der Waals surface area contributed by atoms with Gasteiger partial charge in [-0.15, -0.1) is 0 Å². The van der Waals surface area contributed by atoms with Crippen molar-refractivity contribution in [2.45, 2.75) is 19.4 Å². The van der Waals surface area contributed by atoms with Crippen molar-refractivity contribution in [2.75, 3.05) is 7.11 Å². The highest BCUT2D eigenvalue weighted by Crippen LogP contribution is 2.23. The molecule has 0 aliphatic carbocycles. The van der Waals surface area contributed by atoms with E-state index in [-0.39, 0.29) is 6.42 Å². The number of carboxylic acids is 1. The van der Waals surface area contributed by atoms with Gasteiger partial charge in [0.25, 0.3) is 0 Å². The minimum Gasteiger partial charge on any atom is -0.496 e. The van der Waals surface area contributed by atoms with E-state index in [0.29, 0.717) is 5.56 Å². The minimum absolute atomic E-state index is 0.286. The Morgan fingerprint density at radius 3 is 2.67 bits per heavy atom. The normalized spacial score (nSPS) is 12.2. The quantitative estimate of drug-likeness (QED) is 0.790. The fourth-order valence-electron chi connectivity index (χ4n) is 1.39. The van der Waals surface area contributed by atoms with Crippen LogP contribution < -0.4 is 4.74 Å². The lowest BCUT2D eigenvalue weighted by molar-refractivity contribution is -0.139. The summed E-state index contributed by atoms with van der Waals surface area (Å²) in [7, 11) is 1.57. The smallest absolute Gasteiger partial charge is 0.306 e. The van der Waals surface area contributed by atoms with E-state index in [4.69, 9.17) is 9.84 Å². The molecule has 0 aromatic heterocycles. The number of ether oxygens (including phenoxy) is 1. The molecule has 0 spiro atoms. The second-order valence-electron chi connectivity index (χ2n) is 3.34. The fourth-order valence-corrected chi connectivity index (χ4v) is 1.39. The average Bonchev–Trinajstić information content (AvgIpc) is 2.16. The van der Waals surface area contributed by atoms with Crippen LogP contribution in [-0.4, -0.2) is 23.3 Å². The number of rotatable bonds is 4. The zero-order valence-corrected chi connectivity index (χ0v) is 8.73. The highest BCUT2D eigenvalue weighted by atomic mass is 16.5. The van der Waals surface area contributed by atoms with Gasteiger partial charge in [0.05, 0.1) is 19.6 Å². The number of benzene rings is 1. The van der Waals surface area contributed by atoms with Crippen molar-refractivity contribution in [1.82, 2.24) is 0 Å². The highest BCUT2D eigenvalue weighted by Gasteiger charge is 2.12. The Balaban J connectivity index is 2.87. The lowest BCUT2D eigenvalue weighted by Gasteiger charge is -2.11. The van der Waals surface area contributed by atoms with Gasteiger partial charge in [-0.3, -0.25) is 4.79 Å². The predicted octanol–water partition coefficient (Wildman–Crippen LogP) is 1.51. The molecule has 0 saturated heterocycles. The standard InChI is InChI=1S/C11H14O4/c1-7-5-8(3-4-10(7)15-2)9(12)6-11(13)14/h3-5,9,12H,6H2,1-2H3,(H,13,14)/t9-/m1/s1. The minimum atomic E-state index is -1.02. The second kappa shape index (κ2) is 4.79. The summed E-state index contributed by atoms with van der Waals surface area (Å²) in [5, 5.41) is 18.1. The van der Waals surface area contributed by atoms with Gasteiger partial charge in [-0.05, 0) is 30.2 Å². The van der Waals surface area contributed by atoms with Crippen molar-refractivity contribution in [3.63, 3.8) is 0 Å². The summed E-state index contributed by atoms with van der Waals surface area (Å²) in [4.78, 5) is 10.4. The summed E-state index contributed by atoms with van der Waals surface area (Å²) in [6.07, 6.45) is -1.25. The van der Waals surface area contributed by atoms with Gasteiger partial charge in [0.1, 0.15) is 5.75 Å². The van der Waals surface area contributed by atoms with Crippen LogP contribution in [0.5, 0.6) is 5.75 Å². The van der Waals surface area contributed by atoms with E-state index in [9.17, 15) is 9.90 Å². The van der Waals surface area contributed by atoms with E-state index < -0.39 is 12.1 Å². The molecule has 0 heterocycles. The summed E-state index contributed by atoms with van der Waals surface area (Å²) in [6, 6.07) is 5.11. The summed E-state index contributed by atoms with van der Waals surface area (Å²) < 4.78 is 5.06. The summed E-state index contributed by atoms with van der Waals surface area (Å²) in [6.45, 7) is 1.84. The molecule has 0 aliphatic rings. The van der Waals surface area contributed by atoms with Gasteiger partial charge in [0, 0.05) is 0 Å². The first kappa shape index (κ1) is 11.5. The predicted molar refractivity (Wildman–Crippen MR) is 54.9 cm³/mol.